The van der Waals surface area contributed by atoms with Crippen molar-refractivity contribution in [2.45, 2.75) is 26.4 Å². The largest absolute Gasteiger partial charge is 0.391 e. The number of benzene rings is 1. The van der Waals surface area contributed by atoms with Crippen LogP contribution in [0.5, 0.6) is 0 Å². The number of carbonyl (C=O) groups excluding carboxylic acids is 1. The Morgan fingerprint density at radius 3 is 2.87 bits per heavy atom. The molecule has 7 heteroatoms. The Balaban J connectivity index is 1.37. The maximum Gasteiger partial charge on any atom is 0.274 e. The van der Waals surface area contributed by atoms with Gasteiger partial charge in [0, 0.05) is 48.0 Å². The number of pyridine rings is 1. The lowest BCUT2D eigenvalue weighted by atomic mass is 9.94. The first-order chi connectivity index (χ1) is 14.5. The summed E-state index contributed by atoms with van der Waals surface area (Å²) in [5, 5.41) is 16.2. The Labute approximate surface area is 174 Å². The number of fused-ring (bicyclic) bond motifs is 2. The van der Waals surface area contributed by atoms with E-state index in [0.29, 0.717) is 30.9 Å². The summed E-state index contributed by atoms with van der Waals surface area (Å²) in [7, 11) is 0. The van der Waals surface area contributed by atoms with Crippen LogP contribution in [0.15, 0.2) is 48.7 Å². The molecule has 0 radical (unpaired) electrons. The summed E-state index contributed by atoms with van der Waals surface area (Å²) in [6, 6.07) is 13.7. The minimum absolute atomic E-state index is 0.0288. The van der Waals surface area contributed by atoms with Gasteiger partial charge in [-0.3, -0.25) is 9.78 Å². The third kappa shape index (κ3) is 3.21. The van der Waals surface area contributed by atoms with E-state index in [2.05, 4.69) is 21.1 Å². The highest BCUT2D eigenvalue weighted by Crippen LogP contribution is 2.26. The normalized spacial score (nSPS) is 19.1. The molecule has 1 fully saturated rings. The van der Waals surface area contributed by atoms with E-state index in [-0.39, 0.29) is 11.8 Å². The lowest BCUT2D eigenvalue weighted by Gasteiger charge is -2.15. The molecular formula is C23H23N5O2. The Bertz CT molecular complexity index is 1260. The molecule has 0 bridgehead atoms. The number of aromatic nitrogens is 4. The Hall–Kier alpha value is -3.32. The lowest BCUT2D eigenvalue weighted by Crippen LogP contribution is -2.30. The molecule has 3 aromatic heterocycles. The molecular weight excluding hydrogens is 378 g/mol. The SMILES string of the molecule is Cc1cc(C)n2nc(C(=O)N3C[C@@H](Cc4ccnc5ccccc45)[C@@H](O)C3)cc2n1. The monoisotopic (exact) mass is 401 g/mol. The van der Waals surface area contributed by atoms with Crippen molar-refractivity contribution < 1.29 is 9.90 Å². The molecule has 1 amide bonds. The average Bonchev–Trinajstić information content (AvgIpc) is 3.32. The van der Waals surface area contributed by atoms with Crippen molar-refractivity contribution in [1.82, 2.24) is 24.5 Å². The number of rotatable bonds is 3. The van der Waals surface area contributed by atoms with E-state index in [1.54, 1.807) is 21.7 Å². The Kier molecular flexibility index (Phi) is 4.47. The summed E-state index contributed by atoms with van der Waals surface area (Å²) >= 11 is 0. The van der Waals surface area contributed by atoms with Gasteiger partial charge >= 0.3 is 0 Å². The first-order valence-electron chi connectivity index (χ1n) is 10.1. The van der Waals surface area contributed by atoms with Crippen molar-refractivity contribution in [1.29, 1.82) is 0 Å². The molecule has 5 rings (SSSR count). The average molecular weight is 401 g/mol. The zero-order valence-corrected chi connectivity index (χ0v) is 17.0. The number of nitrogens with zero attached hydrogens (tertiary/aromatic N) is 5. The van der Waals surface area contributed by atoms with Gasteiger partial charge in [-0.05, 0) is 44.0 Å². The summed E-state index contributed by atoms with van der Waals surface area (Å²) in [6.07, 6.45) is 1.93. The van der Waals surface area contributed by atoms with Gasteiger partial charge in [0.2, 0.25) is 0 Å². The zero-order chi connectivity index (χ0) is 20.8. The fourth-order valence-corrected chi connectivity index (χ4v) is 4.39. The standard InChI is InChI=1S/C23H23N5O2/c1-14-9-15(2)28-22(25-14)11-20(26-28)23(30)27-12-17(21(29)13-27)10-16-7-8-24-19-6-4-3-5-18(16)19/h3-9,11,17,21,29H,10,12-13H2,1-2H3/t17-,21+/m1/s1. The van der Waals surface area contributed by atoms with Gasteiger partial charge in [0.1, 0.15) is 0 Å². The van der Waals surface area contributed by atoms with E-state index >= 15 is 0 Å². The number of hydrogen-bond donors (Lipinski definition) is 1. The Morgan fingerprint density at radius 1 is 1.17 bits per heavy atom. The van der Waals surface area contributed by atoms with E-state index in [9.17, 15) is 9.90 Å². The predicted octanol–water partition coefficient (Wildman–Crippen LogP) is 2.57. The minimum atomic E-state index is -0.569. The lowest BCUT2D eigenvalue weighted by molar-refractivity contribution is 0.0758. The number of hydrogen-bond acceptors (Lipinski definition) is 5. The van der Waals surface area contributed by atoms with Gasteiger partial charge in [0.05, 0.1) is 11.6 Å². The summed E-state index contributed by atoms with van der Waals surface area (Å²) in [5.41, 5.74) is 4.93. The van der Waals surface area contributed by atoms with Crippen molar-refractivity contribution in [3.63, 3.8) is 0 Å². The number of aryl methyl sites for hydroxylation is 2. The van der Waals surface area contributed by atoms with Crippen LogP contribution < -0.4 is 0 Å². The van der Waals surface area contributed by atoms with Crippen molar-refractivity contribution >= 4 is 22.5 Å². The van der Waals surface area contributed by atoms with E-state index in [1.807, 2.05) is 44.2 Å². The van der Waals surface area contributed by atoms with Gasteiger partial charge in [0.25, 0.3) is 5.91 Å². The van der Waals surface area contributed by atoms with Crippen LogP contribution in [0.1, 0.15) is 27.4 Å². The second kappa shape index (κ2) is 7.18. The molecule has 4 aromatic rings. The third-order valence-corrected chi connectivity index (χ3v) is 5.87. The number of aliphatic hydroxyl groups excluding tert-OH is 1. The number of likely N-dealkylation sites (tertiary alicyclic amines) is 1. The molecule has 152 valence electrons. The van der Waals surface area contributed by atoms with Gasteiger partial charge in [-0.25, -0.2) is 9.50 Å². The predicted molar refractivity (Wildman–Crippen MR) is 113 cm³/mol. The van der Waals surface area contributed by atoms with E-state index < -0.39 is 6.10 Å². The smallest absolute Gasteiger partial charge is 0.274 e. The zero-order valence-electron chi connectivity index (χ0n) is 17.0. The molecule has 1 aromatic carbocycles. The van der Waals surface area contributed by atoms with Gasteiger partial charge < -0.3 is 10.0 Å². The van der Waals surface area contributed by atoms with Crippen molar-refractivity contribution in [3.05, 3.63) is 71.3 Å². The number of amides is 1. The highest BCUT2D eigenvalue weighted by molar-refractivity contribution is 5.93. The van der Waals surface area contributed by atoms with Crippen molar-refractivity contribution in [2.24, 2.45) is 5.92 Å². The van der Waals surface area contributed by atoms with E-state index in [1.165, 1.54) is 0 Å². The summed E-state index contributed by atoms with van der Waals surface area (Å²) in [5.74, 6) is -0.197. The quantitative estimate of drug-likeness (QED) is 0.570. The summed E-state index contributed by atoms with van der Waals surface area (Å²) in [4.78, 5) is 23.6. The summed E-state index contributed by atoms with van der Waals surface area (Å²) < 4.78 is 1.69. The second-order valence-electron chi connectivity index (χ2n) is 8.07. The fraction of sp³-hybridized carbons (Fsp3) is 0.304. The van der Waals surface area contributed by atoms with Gasteiger partial charge in [-0.15, -0.1) is 0 Å². The highest BCUT2D eigenvalue weighted by atomic mass is 16.3. The molecule has 0 spiro atoms. The molecule has 1 aliphatic heterocycles. The van der Waals surface area contributed by atoms with E-state index in [4.69, 9.17) is 0 Å². The summed E-state index contributed by atoms with van der Waals surface area (Å²) in [6.45, 7) is 4.67. The maximum atomic E-state index is 13.1. The fourth-order valence-electron chi connectivity index (χ4n) is 4.39. The third-order valence-electron chi connectivity index (χ3n) is 5.87. The number of β-amino-alcohol motifs (C(OH)–C–C–N with tert-alkyl or cyclic N) is 1. The van der Waals surface area contributed by atoms with E-state index in [0.717, 1.165) is 27.9 Å². The molecule has 4 heterocycles. The molecule has 2 atom stereocenters. The number of carbonyl (C=O) groups is 1. The first-order valence-corrected chi connectivity index (χ1v) is 10.1. The minimum Gasteiger partial charge on any atom is -0.391 e. The molecule has 0 aliphatic carbocycles. The molecule has 1 aliphatic rings. The highest BCUT2D eigenvalue weighted by Gasteiger charge is 2.35. The topological polar surface area (TPSA) is 83.6 Å². The van der Waals surface area contributed by atoms with Crippen LogP contribution in [0.3, 0.4) is 0 Å². The van der Waals surface area contributed by atoms with Crippen LogP contribution in [0, 0.1) is 19.8 Å². The molecule has 0 unspecified atom stereocenters. The van der Waals surface area contributed by atoms with Crippen LogP contribution in [0.4, 0.5) is 0 Å². The van der Waals surface area contributed by atoms with Crippen molar-refractivity contribution in [2.75, 3.05) is 13.1 Å². The molecule has 0 saturated carbocycles. The van der Waals surface area contributed by atoms with Gasteiger partial charge in [-0.1, -0.05) is 18.2 Å². The maximum absolute atomic E-state index is 13.1. The van der Waals surface area contributed by atoms with Crippen LogP contribution >= 0.6 is 0 Å². The number of para-hydroxylation sites is 1. The van der Waals surface area contributed by atoms with Crippen LogP contribution in [0.2, 0.25) is 0 Å². The van der Waals surface area contributed by atoms with Crippen LogP contribution in [-0.4, -0.2) is 54.7 Å². The first kappa shape index (κ1) is 18.7. The van der Waals surface area contributed by atoms with Crippen molar-refractivity contribution in [3.8, 4) is 0 Å². The number of aliphatic hydroxyl groups is 1. The molecule has 7 nitrogen and oxygen atoms in total. The second-order valence-corrected chi connectivity index (χ2v) is 8.07. The molecule has 1 N–H and O–H groups in total. The van der Waals surface area contributed by atoms with Gasteiger partial charge in [-0.2, -0.15) is 5.10 Å². The Morgan fingerprint density at radius 2 is 2.00 bits per heavy atom. The molecule has 30 heavy (non-hydrogen) atoms. The molecule has 1 saturated heterocycles. The van der Waals surface area contributed by atoms with Crippen LogP contribution in [0.25, 0.3) is 16.6 Å². The van der Waals surface area contributed by atoms with Crippen LogP contribution in [-0.2, 0) is 6.42 Å². The van der Waals surface area contributed by atoms with Gasteiger partial charge in [0.15, 0.2) is 11.3 Å².